The molecule has 0 aromatic rings. The third-order valence-electron chi connectivity index (χ3n) is 1.61. The molecule has 0 radical (unpaired) electrons. The van der Waals surface area contributed by atoms with Crippen LogP contribution in [-0.4, -0.2) is 21.0 Å². The Morgan fingerprint density at radius 3 is 2.50 bits per heavy atom. The first-order valence-corrected chi connectivity index (χ1v) is 5.55. The van der Waals surface area contributed by atoms with Gasteiger partial charge in [0.25, 0.3) is 0 Å². The molecular formula is C8H15O5P. The molecule has 0 saturated carbocycles. The summed E-state index contributed by atoms with van der Waals surface area (Å²) in [6.07, 6.45) is 0.838. The second-order valence-electron chi connectivity index (χ2n) is 2.85. The van der Waals surface area contributed by atoms with E-state index >= 15 is 0 Å². The first-order valence-electron chi connectivity index (χ1n) is 4.02. The molecule has 0 saturated heterocycles. The van der Waals surface area contributed by atoms with Gasteiger partial charge in [0, 0.05) is 6.42 Å². The van der Waals surface area contributed by atoms with Crippen molar-refractivity contribution in [3.05, 3.63) is 24.0 Å². The molecule has 0 heterocycles. The van der Waals surface area contributed by atoms with Crippen molar-refractivity contribution in [3.8, 4) is 0 Å². The highest BCUT2D eigenvalue weighted by Gasteiger charge is 2.20. The summed E-state index contributed by atoms with van der Waals surface area (Å²) in [5.74, 6) is 0.0937. The predicted molar refractivity (Wildman–Crippen MR) is 52.7 cm³/mol. The van der Waals surface area contributed by atoms with Gasteiger partial charge in [-0.2, -0.15) is 0 Å². The molecule has 0 fully saturated rings. The number of hydrogen-bond acceptors (Lipinski definition) is 3. The lowest BCUT2D eigenvalue weighted by atomic mass is 10.1. The van der Waals surface area contributed by atoms with Crippen LogP contribution in [0.3, 0.4) is 0 Å². The van der Waals surface area contributed by atoms with Gasteiger partial charge in [-0.3, -0.25) is 4.52 Å². The minimum atomic E-state index is -4.49. The van der Waals surface area contributed by atoms with E-state index in [1.54, 1.807) is 6.92 Å². The van der Waals surface area contributed by atoms with Crippen LogP contribution >= 0.6 is 7.82 Å². The van der Waals surface area contributed by atoms with Crippen LogP contribution in [-0.2, 0) is 9.09 Å². The quantitative estimate of drug-likeness (QED) is 0.375. The minimum absolute atomic E-state index is 0.0937. The molecule has 3 N–H and O–H groups in total. The smallest absolute Gasteiger partial charge is 0.470 e. The fraction of sp³-hybridized carbons (Fsp3) is 0.500. The largest absolute Gasteiger partial charge is 0.512 e. The van der Waals surface area contributed by atoms with E-state index in [0.717, 1.165) is 0 Å². The molecule has 14 heavy (non-hydrogen) atoms. The third-order valence-corrected chi connectivity index (χ3v) is 2.20. The monoisotopic (exact) mass is 222 g/mol. The average molecular weight is 222 g/mol. The molecule has 1 atom stereocenters. The summed E-state index contributed by atoms with van der Waals surface area (Å²) in [5.41, 5.74) is 0.406. The molecule has 0 amide bonds. The Morgan fingerprint density at radius 2 is 2.14 bits per heavy atom. The molecule has 0 aromatic heterocycles. The van der Waals surface area contributed by atoms with Gasteiger partial charge in [0.1, 0.15) is 0 Å². The molecule has 6 heteroatoms. The highest BCUT2D eigenvalue weighted by atomic mass is 31.2. The Labute approximate surface area is 83.0 Å². The topological polar surface area (TPSA) is 87.0 Å². The van der Waals surface area contributed by atoms with Gasteiger partial charge >= 0.3 is 7.82 Å². The summed E-state index contributed by atoms with van der Waals surface area (Å²) >= 11 is 0. The summed E-state index contributed by atoms with van der Waals surface area (Å²) in [4.78, 5) is 17.0. The molecule has 0 aliphatic heterocycles. The average Bonchev–Trinajstić information content (AvgIpc) is 2.00. The predicted octanol–water partition coefficient (Wildman–Crippen LogP) is 1.89. The number of phosphoric acid groups is 1. The molecule has 0 aliphatic rings. The lowest BCUT2D eigenvalue weighted by Gasteiger charge is -2.15. The number of allylic oxidation sites excluding steroid dienone is 2. The first-order chi connectivity index (χ1) is 6.26. The van der Waals surface area contributed by atoms with Crippen LogP contribution < -0.4 is 0 Å². The number of hydrogen-bond donors (Lipinski definition) is 3. The molecule has 0 rings (SSSR count). The zero-order valence-corrected chi connectivity index (χ0v) is 9.07. The normalized spacial score (nSPS) is 15.3. The number of phosphoric ester groups is 1. The van der Waals surface area contributed by atoms with Crippen molar-refractivity contribution in [3.63, 3.8) is 0 Å². The number of aliphatic hydroxyl groups excluding tert-OH is 1. The van der Waals surface area contributed by atoms with Crippen LogP contribution in [0.1, 0.15) is 20.3 Å². The van der Waals surface area contributed by atoms with Crippen LogP contribution in [0.25, 0.3) is 0 Å². The summed E-state index contributed by atoms with van der Waals surface area (Å²) in [6.45, 7) is 6.67. The molecule has 0 bridgehead atoms. The van der Waals surface area contributed by atoms with Gasteiger partial charge in [0.05, 0.1) is 11.9 Å². The lowest BCUT2D eigenvalue weighted by Crippen LogP contribution is -2.09. The van der Waals surface area contributed by atoms with E-state index in [2.05, 4.69) is 11.1 Å². The third kappa shape index (κ3) is 5.94. The van der Waals surface area contributed by atoms with Crippen molar-refractivity contribution in [2.24, 2.45) is 0 Å². The maximum absolute atomic E-state index is 10.5. The fourth-order valence-electron chi connectivity index (χ4n) is 0.759. The lowest BCUT2D eigenvalue weighted by molar-refractivity contribution is 0.162. The highest BCUT2D eigenvalue weighted by molar-refractivity contribution is 7.46. The maximum atomic E-state index is 10.5. The first kappa shape index (κ1) is 13.4. The standard InChI is InChI=1S/C8H15O5P/c1-4-8(9)5-6(2)7(3)13-14(10,11)12/h4,7,9H,2,5H2,1,3H3,(H2,10,11,12). The van der Waals surface area contributed by atoms with E-state index in [9.17, 15) is 4.57 Å². The van der Waals surface area contributed by atoms with Gasteiger partial charge in [0.15, 0.2) is 0 Å². The Bertz CT molecular complexity index is 277. The van der Waals surface area contributed by atoms with Crippen LogP contribution in [0.15, 0.2) is 24.0 Å². The second-order valence-corrected chi connectivity index (χ2v) is 4.05. The second kappa shape index (κ2) is 5.32. The molecule has 0 aromatic carbocycles. The van der Waals surface area contributed by atoms with Gasteiger partial charge in [-0.15, -0.1) is 0 Å². The SMILES string of the molecule is C=C(CC(O)=CC)C(C)OP(=O)(O)O. The summed E-state index contributed by atoms with van der Waals surface area (Å²) in [5, 5.41) is 9.13. The van der Waals surface area contributed by atoms with Crippen molar-refractivity contribution in [1.29, 1.82) is 0 Å². The Balaban J connectivity index is 4.21. The molecule has 82 valence electrons. The molecule has 5 nitrogen and oxygen atoms in total. The van der Waals surface area contributed by atoms with Gasteiger partial charge in [-0.1, -0.05) is 6.58 Å². The van der Waals surface area contributed by atoms with E-state index in [1.165, 1.54) is 13.0 Å². The van der Waals surface area contributed by atoms with Crippen LogP contribution in [0, 0.1) is 0 Å². The van der Waals surface area contributed by atoms with Gasteiger partial charge in [-0.25, -0.2) is 4.57 Å². The Kier molecular flexibility index (Phi) is 5.08. The van der Waals surface area contributed by atoms with Crippen LogP contribution in [0.2, 0.25) is 0 Å². The Morgan fingerprint density at radius 1 is 1.64 bits per heavy atom. The van der Waals surface area contributed by atoms with Crippen LogP contribution in [0.5, 0.6) is 0 Å². The van der Waals surface area contributed by atoms with Gasteiger partial charge in [0.2, 0.25) is 0 Å². The van der Waals surface area contributed by atoms with Crippen LogP contribution in [0.4, 0.5) is 0 Å². The van der Waals surface area contributed by atoms with E-state index in [4.69, 9.17) is 14.9 Å². The molecule has 1 unspecified atom stereocenters. The van der Waals surface area contributed by atoms with E-state index < -0.39 is 13.9 Å². The molecule has 0 spiro atoms. The summed E-state index contributed by atoms with van der Waals surface area (Å²) in [7, 11) is -4.49. The molecular weight excluding hydrogens is 207 g/mol. The van der Waals surface area contributed by atoms with Crippen molar-refractivity contribution in [1.82, 2.24) is 0 Å². The van der Waals surface area contributed by atoms with Gasteiger partial charge in [-0.05, 0) is 25.5 Å². The van der Waals surface area contributed by atoms with Crippen molar-refractivity contribution in [2.75, 3.05) is 0 Å². The number of aliphatic hydroxyl groups is 1. The van der Waals surface area contributed by atoms with Crippen molar-refractivity contribution < 1.29 is 24.0 Å². The summed E-state index contributed by atoms with van der Waals surface area (Å²) < 4.78 is 14.8. The zero-order chi connectivity index (χ0) is 11.4. The zero-order valence-electron chi connectivity index (χ0n) is 8.17. The summed E-state index contributed by atoms with van der Waals surface area (Å²) in [6, 6.07) is 0. The van der Waals surface area contributed by atoms with Crippen molar-refractivity contribution >= 4 is 7.82 Å². The fourth-order valence-corrected chi connectivity index (χ4v) is 1.32. The number of rotatable bonds is 5. The maximum Gasteiger partial charge on any atom is 0.470 e. The van der Waals surface area contributed by atoms with E-state index in [0.29, 0.717) is 5.57 Å². The van der Waals surface area contributed by atoms with E-state index in [-0.39, 0.29) is 12.2 Å². The van der Waals surface area contributed by atoms with Gasteiger partial charge < -0.3 is 14.9 Å². The minimum Gasteiger partial charge on any atom is -0.512 e. The highest BCUT2D eigenvalue weighted by Crippen LogP contribution is 2.39. The van der Waals surface area contributed by atoms with E-state index in [1.807, 2.05) is 0 Å². The Hall–Kier alpha value is -0.610. The van der Waals surface area contributed by atoms with Crippen molar-refractivity contribution in [2.45, 2.75) is 26.4 Å². The molecule has 0 aliphatic carbocycles.